The smallest absolute Gasteiger partial charge is 0.318 e. The number of thioether (sulfide) groups is 1. The van der Waals surface area contributed by atoms with Crippen molar-refractivity contribution in [1.82, 2.24) is 20.3 Å². The number of aromatic nitrogens is 3. The number of hydrogen-bond acceptors (Lipinski definition) is 5. The molecule has 0 aliphatic heterocycles. The number of nitrogens with one attached hydrogen (secondary N) is 2. The Morgan fingerprint density at radius 3 is 3.00 bits per heavy atom. The minimum Gasteiger partial charge on any atom is -0.351 e. The molecule has 2 aromatic heterocycles. The van der Waals surface area contributed by atoms with Crippen molar-refractivity contribution >= 4 is 46.5 Å². The van der Waals surface area contributed by atoms with Gasteiger partial charge in [0.1, 0.15) is 0 Å². The van der Waals surface area contributed by atoms with Gasteiger partial charge in [0.15, 0.2) is 10.8 Å². The van der Waals surface area contributed by atoms with E-state index < -0.39 is 17.2 Å². The molecule has 2 rings (SSSR count). The van der Waals surface area contributed by atoms with Crippen molar-refractivity contribution in [3.05, 3.63) is 17.3 Å². The molecular weight excluding hydrogens is 290 g/mol. The van der Waals surface area contributed by atoms with Gasteiger partial charge in [-0.15, -0.1) is 0 Å². The summed E-state index contributed by atoms with van der Waals surface area (Å²) >= 11 is 6.96. The molecule has 0 radical (unpaired) electrons. The largest absolute Gasteiger partial charge is 0.351 e. The van der Waals surface area contributed by atoms with Gasteiger partial charge in [-0.3, -0.25) is 10.1 Å². The van der Waals surface area contributed by atoms with E-state index in [1.165, 1.54) is 6.20 Å². The fourth-order valence-electron chi connectivity index (χ4n) is 1.35. The van der Waals surface area contributed by atoms with E-state index in [1.54, 1.807) is 13.0 Å². The third kappa shape index (κ3) is 3.36. The summed E-state index contributed by atoms with van der Waals surface area (Å²) in [6.45, 7) is 1.64. The zero-order chi connectivity index (χ0) is 14.0. The van der Waals surface area contributed by atoms with E-state index in [1.807, 2.05) is 5.32 Å². The molecule has 3 amide bonds. The number of nitrogens with two attached hydrogens (primary N) is 1. The molecule has 0 aliphatic rings. The number of H-pyrrole nitrogens is 1. The Labute approximate surface area is 117 Å². The van der Waals surface area contributed by atoms with E-state index in [2.05, 4.69) is 15.0 Å². The molecule has 1 atom stereocenters. The summed E-state index contributed by atoms with van der Waals surface area (Å²) in [5.74, 6) is -0.482. The number of amides is 3. The molecule has 0 fully saturated rings. The highest BCUT2D eigenvalue weighted by Gasteiger charge is 2.18. The lowest BCUT2D eigenvalue weighted by Gasteiger charge is -2.07. The number of carbonyl (C=O) groups excluding carboxylic acids is 2. The van der Waals surface area contributed by atoms with E-state index in [0.29, 0.717) is 21.3 Å². The van der Waals surface area contributed by atoms with Crippen molar-refractivity contribution in [2.24, 2.45) is 5.73 Å². The summed E-state index contributed by atoms with van der Waals surface area (Å²) in [7, 11) is 0. The molecule has 0 aliphatic carbocycles. The van der Waals surface area contributed by atoms with E-state index in [-0.39, 0.29) is 0 Å². The maximum atomic E-state index is 11.5. The molecule has 0 spiro atoms. The first-order valence-corrected chi connectivity index (χ1v) is 6.49. The summed E-state index contributed by atoms with van der Waals surface area (Å²) < 4.78 is 0. The van der Waals surface area contributed by atoms with Gasteiger partial charge in [0, 0.05) is 6.20 Å². The maximum Gasteiger partial charge on any atom is 0.318 e. The number of hydrogen-bond donors (Lipinski definition) is 3. The lowest BCUT2D eigenvalue weighted by Crippen LogP contribution is -2.39. The highest BCUT2D eigenvalue weighted by molar-refractivity contribution is 8.00. The number of pyridine rings is 1. The molecule has 100 valence electrons. The molecule has 19 heavy (non-hydrogen) atoms. The Hall–Kier alpha value is -1.80. The van der Waals surface area contributed by atoms with Crippen LogP contribution in [0.3, 0.4) is 0 Å². The molecule has 2 heterocycles. The second kappa shape index (κ2) is 5.45. The van der Waals surface area contributed by atoms with Crippen LogP contribution in [-0.2, 0) is 4.79 Å². The lowest BCUT2D eigenvalue weighted by molar-refractivity contribution is -0.119. The molecule has 7 nitrogen and oxygen atoms in total. The fraction of sp³-hybridized carbons (Fsp3) is 0.200. The second-order valence-electron chi connectivity index (χ2n) is 3.68. The molecule has 0 unspecified atom stereocenters. The van der Waals surface area contributed by atoms with Crippen LogP contribution in [0.1, 0.15) is 6.92 Å². The van der Waals surface area contributed by atoms with Crippen LogP contribution in [0, 0.1) is 0 Å². The molecule has 0 saturated carbocycles. The van der Waals surface area contributed by atoms with Crippen molar-refractivity contribution in [1.29, 1.82) is 0 Å². The van der Waals surface area contributed by atoms with E-state index in [0.717, 1.165) is 11.8 Å². The summed E-state index contributed by atoms with van der Waals surface area (Å²) in [4.78, 5) is 33.3. The molecule has 4 N–H and O–H groups in total. The number of primary amides is 1. The quantitative estimate of drug-likeness (QED) is 0.739. The van der Waals surface area contributed by atoms with Crippen LogP contribution in [0.2, 0.25) is 5.02 Å². The highest BCUT2D eigenvalue weighted by Crippen LogP contribution is 2.23. The number of fused-ring (bicyclic) bond motifs is 1. The van der Waals surface area contributed by atoms with Gasteiger partial charge < -0.3 is 10.7 Å². The molecule has 0 saturated heterocycles. The van der Waals surface area contributed by atoms with Gasteiger partial charge in [-0.1, -0.05) is 23.4 Å². The average Bonchev–Trinajstić information content (AvgIpc) is 2.69. The number of rotatable bonds is 3. The number of nitrogens with zero attached hydrogens (tertiary/aromatic N) is 2. The Kier molecular flexibility index (Phi) is 3.91. The van der Waals surface area contributed by atoms with Crippen LogP contribution in [0.15, 0.2) is 17.4 Å². The van der Waals surface area contributed by atoms with Gasteiger partial charge in [0.25, 0.3) is 0 Å². The van der Waals surface area contributed by atoms with Gasteiger partial charge in [-0.25, -0.2) is 14.8 Å². The maximum absolute atomic E-state index is 11.5. The first-order valence-electron chi connectivity index (χ1n) is 5.24. The Balaban J connectivity index is 2.12. The SMILES string of the molecule is C[C@@H](Sc1nc2ncc(Cl)cc2[nH]1)C(=O)NC(N)=O. The number of imidazole rings is 1. The molecule has 0 bridgehead atoms. The predicted octanol–water partition coefficient (Wildman–Crippen LogP) is 1.29. The third-order valence-electron chi connectivity index (χ3n) is 2.19. The van der Waals surface area contributed by atoms with E-state index in [9.17, 15) is 9.59 Å². The van der Waals surface area contributed by atoms with Crippen LogP contribution in [0.25, 0.3) is 11.2 Å². The third-order valence-corrected chi connectivity index (χ3v) is 3.38. The van der Waals surface area contributed by atoms with E-state index >= 15 is 0 Å². The highest BCUT2D eigenvalue weighted by atomic mass is 35.5. The van der Waals surface area contributed by atoms with Crippen molar-refractivity contribution in [2.75, 3.05) is 0 Å². The predicted molar refractivity (Wildman–Crippen MR) is 71.9 cm³/mol. The van der Waals surface area contributed by atoms with Crippen molar-refractivity contribution in [3.63, 3.8) is 0 Å². The summed E-state index contributed by atoms with van der Waals surface area (Å²) in [6.07, 6.45) is 1.49. The number of aromatic amines is 1. The van der Waals surface area contributed by atoms with Crippen molar-refractivity contribution < 1.29 is 9.59 Å². The fourth-order valence-corrected chi connectivity index (χ4v) is 2.32. The van der Waals surface area contributed by atoms with Crippen LogP contribution in [-0.4, -0.2) is 32.1 Å². The number of halogens is 1. The monoisotopic (exact) mass is 299 g/mol. The minimum absolute atomic E-state index is 0.482. The molecule has 0 aromatic carbocycles. The number of urea groups is 1. The molecular formula is C10H10ClN5O2S. The second-order valence-corrected chi connectivity index (χ2v) is 5.45. The Morgan fingerprint density at radius 1 is 1.58 bits per heavy atom. The summed E-state index contributed by atoms with van der Waals surface area (Å²) in [5.41, 5.74) is 6.06. The Bertz CT molecular complexity index is 644. The van der Waals surface area contributed by atoms with Gasteiger partial charge in [0.05, 0.1) is 15.8 Å². The normalized spacial score (nSPS) is 12.3. The first kappa shape index (κ1) is 13.6. The summed E-state index contributed by atoms with van der Waals surface area (Å²) in [5, 5.41) is 2.49. The average molecular weight is 300 g/mol. The topological polar surface area (TPSA) is 114 Å². The zero-order valence-corrected chi connectivity index (χ0v) is 11.4. The van der Waals surface area contributed by atoms with Crippen LogP contribution >= 0.6 is 23.4 Å². The van der Waals surface area contributed by atoms with Gasteiger partial charge in [-0.05, 0) is 13.0 Å². The van der Waals surface area contributed by atoms with Crippen molar-refractivity contribution in [3.8, 4) is 0 Å². The standard InChI is InChI=1S/C10H10ClN5O2S/c1-4(8(17)16-9(12)18)19-10-14-6-2-5(11)3-13-7(6)15-10/h2-4H,1H3,(H,13,14,15)(H3,12,16,17,18)/t4-/m1/s1. The van der Waals surface area contributed by atoms with Crippen LogP contribution < -0.4 is 11.1 Å². The number of imide groups is 1. The molecule has 9 heteroatoms. The Morgan fingerprint density at radius 2 is 2.32 bits per heavy atom. The first-order chi connectivity index (χ1) is 8.95. The van der Waals surface area contributed by atoms with Gasteiger partial charge in [0.2, 0.25) is 5.91 Å². The number of carbonyl (C=O) groups is 2. The van der Waals surface area contributed by atoms with Crippen molar-refractivity contribution in [2.45, 2.75) is 17.3 Å². The zero-order valence-electron chi connectivity index (χ0n) is 9.81. The summed E-state index contributed by atoms with van der Waals surface area (Å²) in [6, 6.07) is 0.810. The van der Waals surface area contributed by atoms with Crippen LogP contribution in [0.4, 0.5) is 4.79 Å². The van der Waals surface area contributed by atoms with E-state index in [4.69, 9.17) is 17.3 Å². The molecule has 2 aromatic rings. The van der Waals surface area contributed by atoms with Gasteiger partial charge in [-0.2, -0.15) is 0 Å². The van der Waals surface area contributed by atoms with Crippen LogP contribution in [0.5, 0.6) is 0 Å². The lowest BCUT2D eigenvalue weighted by atomic mass is 10.4. The minimum atomic E-state index is -0.879. The van der Waals surface area contributed by atoms with Gasteiger partial charge >= 0.3 is 6.03 Å².